The Morgan fingerprint density at radius 3 is 2.85 bits per heavy atom. The van der Waals surface area contributed by atoms with Crippen LogP contribution in [0.4, 0.5) is 5.69 Å². The molecule has 1 atom stereocenters. The first-order chi connectivity index (χ1) is 6.19. The minimum atomic E-state index is -0.256. The predicted octanol–water partition coefficient (Wildman–Crippen LogP) is 1.44. The highest BCUT2D eigenvalue weighted by Gasteiger charge is 2.08. The van der Waals surface area contributed by atoms with Gasteiger partial charge in [0.05, 0.1) is 11.6 Å². The average molecular weight is 174 g/mol. The number of nitriles is 1. The van der Waals surface area contributed by atoms with Gasteiger partial charge < -0.3 is 10.5 Å². The predicted molar refractivity (Wildman–Crippen MR) is 50.0 cm³/mol. The number of hydrogen-bond donors (Lipinski definition) is 1. The van der Waals surface area contributed by atoms with Crippen LogP contribution in [0, 0.1) is 11.3 Å². The number of nitrogens with zero attached hydrogens (tertiary/aromatic N) is 1. The Bertz CT molecular complexity index is 366. The largest absolute Gasteiger partial charge is 0.398 e. The number of rotatable bonds is 2. The van der Waals surface area contributed by atoms with Crippen molar-refractivity contribution in [3.05, 3.63) is 29.3 Å². The third-order valence-electron chi connectivity index (χ3n) is 1.91. The zero-order valence-corrected chi connectivity index (χ0v) is 7.32. The van der Waals surface area contributed by atoms with Gasteiger partial charge in [0.15, 0.2) is 0 Å². The summed E-state index contributed by atoms with van der Waals surface area (Å²) >= 11 is 0. The Morgan fingerprint density at radius 1 is 1.62 bits per heavy atom. The molecule has 1 aromatic carbocycles. The van der Waals surface area contributed by atoms with Gasteiger partial charge in [0.1, 0.15) is 6.29 Å². The molecule has 0 bridgehead atoms. The number of carbonyl (C=O) groups excluding carboxylic acids is 1. The molecule has 0 heterocycles. The van der Waals surface area contributed by atoms with Crippen molar-refractivity contribution in [1.82, 2.24) is 0 Å². The maximum Gasteiger partial charge on any atom is 0.127 e. The molecule has 13 heavy (non-hydrogen) atoms. The van der Waals surface area contributed by atoms with Crippen LogP contribution >= 0.6 is 0 Å². The summed E-state index contributed by atoms with van der Waals surface area (Å²) in [5, 5.41) is 8.63. The normalized spacial score (nSPS) is 11.7. The SMILES string of the molecule is CC(C=O)c1cc(C#N)ccc1N. The first-order valence-corrected chi connectivity index (χ1v) is 3.94. The van der Waals surface area contributed by atoms with Crippen molar-refractivity contribution >= 4 is 12.0 Å². The topological polar surface area (TPSA) is 66.9 Å². The summed E-state index contributed by atoms with van der Waals surface area (Å²) in [6.45, 7) is 1.75. The summed E-state index contributed by atoms with van der Waals surface area (Å²) in [7, 11) is 0. The number of nitrogen functional groups attached to an aromatic ring is 1. The lowest BCUT2D eigenvalue weighted by Crippen LogP contribution is -2.00. The quantitative estimate of drug-likeness (QED) is 0.545. The number of benzene rings is 1. The lowest BCUT2D eigenvalue weighted by Gasteiger charge is -2.07. The van der Waals surface area contributed by atoms with Gasteiger partial charge in [0, 0.05) is 11.6 Å². The number of aldehydes is 1. The highest BCUT2D eigenvalue weighted by molar-refractivity contribution is 5.67. The standard InChI is InChI=1S/C10H10N2O/c1-7(6-13)9-4-8(5-11)2-3-10(9)12/h2-4,6-7H,12H2,1H3. The smallest absolute Gasteiger partial charge is 0.127 e. The van der Waals surface area contributed by atoms with Gasteiger partial charge in [-0.15, -0.1) is 0 Å². The fourth-order valence-corrected chi connectivity index (χ4v) is 1.11. The molecule has 3 heteroatoms. The Hall–Kier alpha value is -1.82. The average Bonchev–Trinajstić information content (AvgIpc) is 2.17. The molecule has 0 radical (unpaired) electrons. The summed E-state index contributed by atoms with van der Waals surface area (Å²) in [4.78, 5) is 10.5. The van der Waals surface area contributed by atoms with Crippen LogP contribution < -0.4 is 5.73 Å². The van der Waals surface area contributed by atoms with Crippen LogP contribution in [0.25, 0.3) is 0 Å². The molecule has 0 saturated heterocycles. The molecule has 0 spiro atoms. The molecule has 0 aromatic heterocycles. The lowest BCUT2D eigenvalue weighted by atomic mass is 9.99. The highest BCUT2D eigenvalue weighted by atomic mass is 16.1. The molecular formula is C10H10N2O. The molecule has 0 amide bonds. The molecule has 2 N–H and O–H groups in total. The van der Waals surface area contributed by atoms with Crippen LogP contribution in [0.2, 0.25) is 0 Å². The van der Waals surface area contributed by atoms with Crippen LogP contribution in [-0.2, 0) is 4.79 Å². The Labute approximate surface area is 76.8 Å². The van der Waals surface area contributed by atoms with E-state index in [1.165, 1.54) is 0 Å². The summed E-state index contributed by atoms with van der Waals surface area (Å²) in [6.07, 6.45) is 0.812. The zero-order valence-electron chi connectivity index (χ0n) is 7.32. The molecular weight excluding hydrogens is 164 g/mol. The van der Waals surface area contributed by atoms with Crippen molar-refractivity contribution in [3.8, 4) is 6.07 Å². The molecule has 0 fully saturated rings. The van der Waals surface area contributed by atoms with E-state index in [0.29, 0.717) is 16.8 Å². The first kappa shape index (κ1) is 9.27. The van der Waals surface area contributed by atoms with E-state index in [1.807, 2.05) is 6.07 Å². The highest BCUT2D eigenvalue weighted by Crippen LogP contribution is 2.21. The van der Waals surface area contributed by atoms with Gasteiger partial charge in [-0.25, -0.2) is 0 Å². The van der Waals surface area contributed by atoms with E-state index in [4.69, 9.17) is 11.0 Å². The molecule has 66 valence electrons. The van der Waals surface area contributed by atoms with E-state index in [1.54, 1.807) is 25.1 Å². The minimum absolute atomic E-state index is 0.256. The van der Waals surface area contributed by atoms with Crippen LogP contribution in [-0.4, -0.2) is 6.29 Å². The summed E-state index contributed by atoms with van der Waals surface area (Å²) in [5.41, 5.74) is 7.45. The fraction of sp³-hybridized carbons (Fsp3) is 0.200. The molecule has 1 unspecified atom stereocenters. The van der Waals surface area contributed by atoms with Crippen LogP contribution in [0.3, 0.4) is 0 Å². The third-order valence-corrected chi connectivity index (χ3v) is 1.91. The van der Waals surface area contributed by atoms with Gasteiger partial charge in [0.25, 0.3) is 0 Å². The van der Waals surface area contributed by atoms with Crippen molar-refractivity contribution in [2.24, 2.45) is 0 Å². The van der Waals surface area contributed by atoms with Gasteiger partial charge in [-0.2, -0.15) is 5.26 Å². The summed E-state index contributed by atoms with van der Waals surface area (Å²) in [6, 6.07) is 6.93. The second kappa shape index (κ2) is 3.72. The van der Waals surface area contributed by atoms with E-state index in [2.05, 4.69) is 0 Å². The Morgan fingerprint density at radius 2 is 2.31 bits per heavy atom. The fourth-order valence-electron chi connectivity index (χ4n) is 1.11. The van der Waals surface area contributed by atoms with E-state index < -0.39 is 0 Å². The zero-order chi connectivity index (χ0) is 9.84. The van der Waals surface area contributed by atoms with Gasteiger partial charge >= 0.3 is 0 Å². The van der Waals surface area contributed by atoms with Gasteiger partial charge in [-0.3, -0.25) is 0 Å². The lowest BCUT2D eigenvalue weighted by molar-refractivity contribution is -0.108. The van der Waals surface area contributed by atoms with Crippen molar-refractivity contribution in [2.45, 2.75) is 12.8 Å². The second-order valence-electron chi connectivity index (χ2n) is 2.88. The third kappa shape index (κ3) is 1.85. The maximum atomic E-state index is 10.5. The van der Waals surface area contributed by atoms with E-state index in [0.717, 1.165) is 6.29 Å². The van der Waals surface area contributed by atoms with Crippen molar-refractivity contribution in [1.29, 1.82) is 5.26 Å². The number of anilines is 1. The summed E-state index contributed by atoms with van der Waals surface area (Å²) in [5.74, 6) is -0.256. The number of hydrogen-bond acceptors (Lipinski definition) is 3. The molecule has 0 aliphatic heterocycles. The molecule has 0 aliphatic carbocycles. The van der Waals surface area contributed by atoms with Crippen LogP contribution in [0.5, 0.6) is 0 Å². The van der Waals surface area contributed by atoms with E-state index in [-0.39, 0.29) is 5.92 Å². The van der Waals surface area contributed by atoms with Crippen molar-refractivity contribution in [2.75, 3.05) is 5.73 Å². The van der Waals surface area contributed by atoms with Crippen molar-refractivity contribution < 1.29 is 4.79 Å². The first-order valence-electron chi connectivity index (χ1n) is 3.94. The molecule has 3 nitrogen and oxygen atoms in total. The van der Waals surface area contributed by atoms with E-state index >= 15 is 0 Å². The maximum absolute atomic E-state index is 10.5. The second-order valence-corrected chi connectivity index (χ2v) is 2.88. The molecule has 0 saturated carbocycles. The van der Waals surface area contributed by atoms with Gasteiger partial charge in [0.2, 0.25) is 0 Å². The van der Waals surface area contributed by atoms with E-state index in [9.17, 15) is 4.79 Å². The Kier molecular flexibility index (Phi) is 2.65. The Balaban J connectivity index is 3.20. The number of nitrogens with two attached hydrogens (primary N) is 1. The monoisotopic (exact) mass is 174 g/mol. The molecule has 1 rings (SSSR count). The summed E-state index contributed by atoms with van der Waals surface area (Å²) < 4.78 is 0. The van der Waals surface area contributed by atoms with Gasteiger partial charge in [-0.05, 0) is 23.8 Å². The number of carbonyl (C=O) groups is 1. The van der Waals surface area contributed by atoms with Crippen LogP contribution in [0.1, 0.15) is 24.0 Å². The van der Waals surface area contributed by atoms with Crippen molar-refractivity contribution in [3.63, 3.8) is 0 Å². The molecule has 1 aromatic rings. The minimum Gasteiger partial charge on any atom is -0.398 e. The van der Waals surface area contributed by atoms with Crippen LogP contribution in [0.15, 0.2) is 18.2 Å². The van der Waals surface area contributed by atoms with Gasteiger partial charge in [-0.1, -0.05) is 6.92 Å². The molecule has 0 aliphatic rings.